The van der Waals surface area contributed by atoms with Crippen LogP contribution in [0.4, 0.5) is 5.00 Å². The van der Waals surface area contributed by atoms with Crippen LogP contribution in [0, 0.1) is 5.92 Å². The van der Waals surface area contributed by atoms with Crippen molar-refractivity contribution >= 4 is 22.3 Å². The van der Waals surface area contributed by atoms with Crippen LogP contribution >= 0.6 is 11.3 Å². The Hall–Kier alpha value is -2.05. The Morgan fingerprint density at radius 2 is 1.90 bits per heavy atom. The van der Waals surface area contributed by atoms with Gasteiger partial charge in [0.05, 0.1) is 5.00 Å². The maximum Gasteiger partial charge on any atom is 0.193 e. The van der Waals surface area contributed by atoms with E-state index in [4.69, 9.17) is 0 Å². The van der Waals surface area contributed by atoms with Gasteiger partial charge in [0, 0.05) is 58.9 Å². The van der Waals surface area contributed by atoms with Gasteiger partial charge in [-0.05, 0) is 42.3 Å². The van der Waals surface area contributed by atoms with Crippen molar-refractivity contribution in [3.05, 3.63) is 53.4 Å². The van der Waals surface area contributed by atoms with Gasteiger partial charge >= 0.3 is 0 Å². The van der Waals surface area contributed by atoms with Gasteiger partial charge in [-0.15, -0.1) is 11.3 Å². The normalized spacial score (nSPS) is 23.6. The zero-order valence-corrected chi connectivity index (χ0v) is 18.4. The molecule has 0 amide bonds. The molecule has 0 saturated carbocycles. The Morgan fingerprint density at radius 3 is 2.59 bits per heavy atom. The van der Waals surface area contributed by atoms with Crippen molar-refractivity contribution in [3.8, 4) is 0 Å². The molecule has 2 atom stereocenters. The van der Waals surface area contributed by atoms with Gasteiger partial charge < -0.3 is 15.1 Å². The molecule has 1 aromatic heterocycles. The van der Waals surface area contributed by atoms with Crippen molar-refractivity contribution in [1.29, 1.82) is 0 Å². The Kier molecular flexibility index (Phi) is 6.72. The van der Waals surface area contributed by atoms with Gasteiger partial charge in [-0.2, -0.15) is 0 Å². The molecule has 1 aromatic carbocycles. The summed E-state index contributed by atoms with van der Waals surface area (Å²) in [5.41, 5.74) is 1.41. The quantitative estimate of drug-likeness (QED) is 0.604. The van der Waals surface area contributed by atoms with E-state index < -0.39 is 0 Å². The van der Waals surface area contributed by atoms with Crippen LogP contribution in [0.5, 0.6) is 0 Å². The molecule has 5 nitrogen and oxygen atoms in total. The minimum atomic E-state index is 0.637. The van der Waals surface area contributed by atoms with E-state index in [2.05, 4.69) is 79.8 Å². The third-order valence-electron chi connectivity index (χ3n) is 6.18. The van der Waals surface area contributed by atoms with Crippen LogP contribution in [0.1, 0.15) is 18.9 Å². The molecule has 3 heterocycles. The molecule has 2 aliphatic rings. The van der Waals surface area contributed by atoms with Crippen LogP contribution in [0.3, 0.4) is 0 Å². The van der Waals surface area contributed by atoms with Crippen molar-refractivity contribution in [1.82, 2.24) is 15.1 Å². The molecule has 2 unspecified atom stereocenters. The second-order valence-corrected chi connectivity index (χ2v) is 9.15. The highest BCUT2D eigenvalue weighted by Crippen LogP contribution is 2.25. The Bertz CT molecular complexity index is 768. The summed E-state index contributed by atoms with van der Waals surface area (Å²) >= 11 is 1.83. The molecule has 2 fully saturated rings. The molecule has 6 heteroatoms. The minimum Gasteiger partial charge on any atom is -0.360 e. The monoisotopic (exact) mass is 411 g/mol. The van der Waals surface area contributed by atoms with Gasteiger partial charge in [0.1, 0.15) is 0 Å². The largest absolute Gasteiger partial charge is 0.360 e. The van der Waals surface area contributed by atoms with Gasteiger partial charge in [-0.3, -0.25) is 9.89 Å². The summed E-state index contributed by atoms with van der Waals surface area (Å²) in [6, 6.07) is 15.8. The van der Waals surface area contributed by atoms with E-state index in [1.54, 1.807) is 0 Å². The number of hydrogen-bond acceptors (Lipinski definition) is 4. The van der Waals surface area contributed by atoms with Gasteiger partial charge in [0.15, 0.2) is 5.96 Å². The van der Waals surface area contributed by atoms with Crippen molar-refractivity contribution < 1.29 is 0 Å². The first-order chi connectivity index (χ1) is 14.2. The predicted octanol–water partition coefficient (Wildman–Crippen LogP) is 3.36. The molecule has 0 spiro atoms. The lowest BCUT2D eigenvalue weighted by molar-refractivity contribution is 0.255. The first kappa shape index (κ1) is 20.2. The molecule has 29 heavy (non-hydrogen) atoms. The highest BCUT2D eigenvalue weighted by Gasteiger charge is 2.29. The molecule has 0 bridgehead atoms. The number of likely N-dealkylation sites (tertiary alicyclic amines) is 1. The fraction of sp³-hybridized carbons (Fsp3) is 0.522. The Balaban J connectivity index is 1.24. The molecule has 4 rings (SSSR count). The number of benzene rings is 1. The number of guanidine groups is 1. The fourth-order valence-electron chi connectivity index (χ4n) is 4.56. The molecule has 156 valence electrons. The van der Waals surface area contributed by atoms with E-state index >= 15 is 0 Å². The number of nitrogens with zero attached hydrogens (tertiary/aromatic N) is 4. The highest BCUT2D eigenvalue weighted by atomic mass is 32.1. The van der Waals surface area contributed by atoms with Gasteiger partial charge in [-0.25, -0.2) is 0 Å². The number of hydrogen-bond donors (Lipinski definition) is 1. The van der Waals surface area contributed by atoms with Crippen molar-refractivity contribution in [2.75, 3.05) is 51.2 Å². The van der Waals surface area contributed by atoms with Crippen molar-refractivity contribution in [2.24, 2.45) is 10.9 Å². The van der Waals surface area contributed by atoms with Crippen LogP contribution in [0.25, 0.3) is 0 Å². The van der Waals surface area contributed by atoms with Gasteiger partial charge in [0.2, 0.25) is 0 Å². The minimum absolute atomic E-state index is 0.637. The van der Waals surface area contributed by atoms with Crippen molar-refractivity contribution in [3.63, 3.8) is 0 Å². The number of anilines is 1. The Morgan fingerprint density at radius 1 is 1.10 bits per heavy atom. The van der Waals surface area contributed by atoms with Crippen LogP contribution in [0.15, 0.2) is 52.8 Å². The third kappa shape index (κ3) is 5.11. The maximum absolute atomic E-state index is 4.57. The number of aliphatic imine (C=N–C) groups is 1. The predicted molar refractivity (Wildman–Crippen MR) is 124 cm³/mol. The van der Waals surface area contributed by atoms with E-state index in [-0.39, 0.29) is 0 Å². The average Bonchev–Trinajstić information content (AvgIpc) is 3.40. The van der Waals surface area contributed by atoms with Crippen LogP contribution in [-0.2, 0) is 6.54 Å². The van der Waals surface area contributed by atoms with Crippen LogP contribution in [0.2, 0.25) is 0 Å². The fourth-order valence-corrected chi connectivity index (χ4v) is 5.35. The summed E-state index contributed by atoms with van der Waals surface area (Å²) in [5, 5.41) is 7.21. The maximum atomic E-state index is 4.57. The van der Waals surface area contributed by atoms with Gasteiger partial charge in [0.25, 0.3) is 0 Å². The van der Waals surface area contributed by atoms with Crippen molar-refractivity contribution in [2.45, 2.75) is 25.9 Å². The van der Waals surface area contributed by atoms with E-state index in [1.165, 1.54) is 17.0 Å². The topological polar surface area (TPSA) is 34.1 Å². The summed E-state index contributed by atoms with van der Waals surface area (Å²) in [5.74, 6) is 1.74. The SMILES string of the molecule is CN=C(NCC1CC(C)N(Cc2ccccc2)C1)N1CCN(c2cccs2)CC1. The molecule has 0 radical (unpaired) electrons. The van der Waals surface area contributed by atoms with Crippen LogP contribution in [-0.4, -0.2) is 68.1 Å². The first-order valence-electron chi connectivity index (χ1n) is 10.7. The van der Waals surface area contributed by atoms with Crippen LogP contribution < -0.4 is 10.2 Å². The summed E-state index contributed by atoms with van der Waals surface area (Å²) < 4.78 is 0. The van der Waals surface area contributed by atoms with E-state index in [0.717, 1.165) is 51.8 Å². The summed E-state index contributed by atoms with van der Waals surface area (Å²) in [7, 11) is 1.91. The second-order valence-electron chi connectivity index (χ2n) is 8.22. The van der Waals surface area contributed by atoms with E-state index in [1.807, 2.05) is 18.4 Å². The highest BCUT2D eigenvalue weighted by molar-refractivity contribution is 7.14. The molecule has 2 aromatic rings. The third-order valence-corrected chi connectivity index (χ3v) is 7.11. The zero-order valence-electron chi connectivity index (χ0n) is 17.6. The molecule has 2 saturated heterocycles. The molecule has 1 N–H and O–H groups in total. The number of nitrogens with one attached hydrogen (secondary N) is 1. The second kappa shape index (κ2) is 9.63. The zero-order chi connectivity index (χ0) is 20.1. The smallest absolute Gasteiger partial charge is 0.193 e. The lowest BCUT2D eigenvalue weighted by Crippen LogP contribution is -2.53. The van der Waals surface area contributed by atoms with E-state index in [0.29, 0.717) is 12.0 Å². The molecule has 2 aliphatic heterocycles. The first-order valence-corrected chi connectivity index (χ1v) is 11.6. The number of piperazine rings is 1. The standard InChI is InChI=1S/C23H33N5S/c1-19-15-21(18-28(19)17-20-7-4-3-5-8-20)16-25-23(24-2)27-12-10-26(11-13-27)22-9-6-14-29-22/h3-9,14,19,21H,10-13,15-18H2,1-2H3,(H,24,25). The molecule has 0 aliphatic carbocycles. The average molecular weight is 412 g/mol. The Labute approximate surface area is 179 Å². The summed E-state index contributed by atoms with van der Waals surface area (Å²) in [6.07, 6.45) is 1.25. The lowest BCUT2D eigenvalue weighted by Gasteiger charge is -2.37. The number of thiophene rings is 1. The van der Waals surface area contributed by atoms with E-state index in [9.17, 15) is 0 Å². The number of rotatable bonds is 5. The summed E-state index contributed by atoms with van der Waals surface area (Å²) in [4.78, 5) is 12.1. The molecular formula is C23H33N5S. The molecular weight excluding hydrogens is 378 g/mol. The lowest BCUT2D eigenvalue weighted by atomic mass is 10.1. The van der Waals surface area contributed by atoms with Gasteiger partial charge in [-0.1, -0.05) is 30.3 Å². The summed E-state index contributed by atoms with van der Waals surface area (Å²) in [6.45, 7) is 9.76.